The van der Waals surface area contributed by atoms with E-state index in [0.29, 0.717) is 5.92 Å². The van der Waals surface area contributed by atoms with Crippen molar-refractivity contribution < 1.29 is 9.47 Å². The average molecular weight is 201 g/mol. The Labute approximate surface area is 87.2 Å². The van der Waals surface area contributed by atoms with Crippen molar-refractivity contribution in [2.45, 2.75) is 32.8 Å². The SMILES string of the molecule is CCC(CC)COCC1CNCCO1. The van der Waals surface area contributed by atoms with Crippen LogP contribution in [0.4, 0.5) is 0 Å². The average Bonchev–Trinajstić information content (AvgIpc) is 2.26. The molecule has 1 fully saturated rings. The maximum absolute atomic E-state index is 5.65. The van der Waals surface area contributed by atoms with Gasteiger partial charge in [-0.25, -0.2) is 0 Å². The third kappa shape index (κ3) is 4.40. The summed E-state index contributed by atoms with van der Waals surface area (Å²) in [6.45, 7) is 8.79. The molecule has 14 heavy (non-hydrogen) atoms. The molecule has 1 heterocycles. The van der Waals surface area contributed by atoms with Crippen LogP contribution in [0, 0.1) is 5.92 Å². The summed E-state index contributed by atoms with van der Waals surface area (Å²) < 4.78 is 11.2. The monoisotopic (exact) mass is 201 g/mol. The van der Waals surface area contributed by atoms with Crippen LogP contribution in [0.1, 0.15) is 26.7 Å². The second-order valence-electron chi connectivity index (χ2n) is 3.92. The van der Waals surface area contributed by atoms with Crippen molar-refractivity contribution in [3.05, 3.63) is 0 Å². The quantitative estimate of drug-likeness (QED) is 0.705. The van der Waals surface area contributed by atoms with E-state index < -0.39 is 0 Å². The molecule has 84 valence electrons. The number of hydrogen-bond donors (Lipinski definition) is 1. The third-order valence-electron chi connectivity index (χ3n) is 2.82. The van der Waals surface area contributed by atoms with E-state index in [9.17, 15) is 0 Å². The summed E-state index contributed by atoms with van der Waals surface area (Å²) in [5.41, 5.74) is 0. The van der Waals surface area contributed by atoms with Crippen LogP contribution in [0.15, 0.2) is 0 Å². The highest BCUT2D eigenvalue weighted by Gasteiger charge is 2.13. The van der Waals surface area contributed by atoms with Crippen LogP contribution in [0.25, 0.3) is 0 Å². The Balaban J connectivity index is 2.01. The van der Waals surface area contributed by atoms with E-state index in [0.717, 1.165) is 32.9 Å². The van der Waals surface area contributed by atoms with Crippen molar-refractivity contribution >= 4 is 0 Å². The normalized spacial score (nSPS) is 22.9. The predicted molar refractivity (Wildman–Crippen MR) is 57.5 cm³/mol. The molecule has 0 aromatic heterocycles. The van der Waals surface area contributed by atoms with Gasteiger partial charge in [0.2, 0.25) is 0 Å². The van der Waals surface area contributed by atoms with E-state index in [-0.39, 0.29) is 6.10 Å². The molecule has 1 unspecified atom stereocenters. The van der Waals surface area contributed by atoms with Gasteiger partial charge in [-0.3, -0.25) is 0 Å². The standard InChI is InChI=1S/C11H23NO2/c1-3-10(4-2)8-13-9-11-7-12-5-6-14-11/h10-12H,3-9H2,1-2H3. The summed E-state index contributed by atoms with van der Waals surface area (Å²) in [4.78, 5) is 0. The van der Waals surface area contributed by atoms with Crippen LogP contribution in [-0.4, -0.2) is 39.0 Å². The van der Waals surface area contributed by atoms with E-state index >= 15 is 0 Å². The molecule has 0 saturated carbocycles. The number of ether oxygens (including phenoxy) is 2. The van der Waals surface area contributed by atoms with Gasteiger partial charge in [-0.2, -0.15) is 0 Å². The molecule has 0 aromatic rings. The van der Waals surface area contributed by atoms with Gasteiger partial charge in [0.1, 0.15) is 0 Å². The molecule has 1 atom stereocenters. The van der Waals surface area contributed by atoms with E-state index in [1.54, 1.807) is 0 Å². The number of morpholine rings is 1. The lowest BCUT2D eigenvalue weighted by Gasteiger charge is -2.24. The molecule has 1 aliphatic heterocycles. The maximum atomic E-state index is 5.65. The van der Waals surface area contributed by atoms with Gasteiger partial charge in [-0.05, 0) is 5.92 Å². The Hall–Kier alpha value is -0.120. The molecule has 0 aliphatic carbocycles. The minimum Gasteiger partial charge on any atom is -0.378 e. The summed E-state index contributed by atoms with van der Waals surface area (Å²) in [6, 6.07) is 0. The number of rotatable bonds is 6. The van der Waals surface area contributed by atoms with Crippen molar-refractivity contribution in [3.63, 3.8) is 0 Å². The minimum absolute atomic E-state index is 0.262. The zero-order chi connectivity index (χ0) is 10.2. The molecule has 0 bridgehead atoms. The highest BCUT2D eigenvalue weighted by molar-refractivity contribution is 4.66. The molecule has 0 amide bonds. The first kappa shape index (κ1) is 12.0. The van der Waals surface area contributed by atoms with Gasteiger partial charge >= 0.3 is 0 Å². The molecule has 1 aliphatic rings. The Bertz CT molecular complexity index is 131. The summed E-state index contributed by atoms with van der Waals surface area (Å²) in [7, 11) is 0. The molecular formula is C11H23NO2. The van der Waals surface area contributed by atoms with Crippen LogP contribution in [0.5, 0.6) is 0 Å². The molecule has 3 heteroatoms. The lowest BCUT2D eigenvalue weighted by atomic mass is 10.1. The highest BCUT2D eigenvalue weighted by Crippen LogP contribution is 2.08. The van der Waals surface area contributed by atoms with Gasteiger partial charge in [-0.15, -0.1) is 0 Å². The van der Waals surface area contributed by atoms with Gasteiger partial charge in [0.05, 0.1) is 19.3 Å². The van der Waals surface area contributed by atoms with E-state index in [4.69, 9.17) is 9.47 Å². The summed E-state index contributed by atoms with van der Waals surface area (Å²) >= 11 is 0. The van der Waals surface area contributed by atoms with Gasteiger partial charge in [0.25, 0.3) is 0 Å². The molecule has 0 spiro atoms. The highest BCUT2D eigenvalue weighted by atomic mass is 16.5. The van der Waals surface area contributed by atoms with Gasteiger partial charge in [0, 0.05) is 19.7 Å². The van der Waals surface area contributed by atoms with Crippen LogP contribution in [-0.2, 0) is 9.47 Å². The summed E-state index contributed by atoms with van der Waals surface area (Å²) in [5.74, 6) is 0.714. The topological polar surface area (TPSA) is 30.5 Å². The van der Waals surface area contributed by atoms with E-state index in [1.165, 1.54) is 12.8 Å². The fourth-order valence-electron chi connectivity index (χ4n) is 1.62. The Morgan fingerprint density at radius 3 is 2.79 bits per heavy atom. The van der Waals surface area contributed by atoms with Crippen molar-refractivity contribution in [1.29, 1.82) is 0 Å². The fraction of sp³-hybridized carbons (Fsp3) is 1.00. The molecule has 0 radical (unpaired) electrons. The van der Waals surface area contributed by atoms with E-state index in [2.05, 4.69) is 19.2 Å². The maximum Gasteiger partial charge on any atom is 0.0933 e. The fourth-order valence-corrected chi connectivity index (χ4v) is 1.62. The van der Waals surface area contributed by atoms with Crippen LogP contribution in [0.3, 0.4) is 0 Å². The van der Waals surface area contributed by atoms with Gasteiger partial charge in [0.15, 0.2) is 0 Å². The lowest BCUT2D eigenvalue weighted by Crippen LogP contribution is -2.41. The van der Waals surface area contributed by atoms with Crippen molar-refractivity contribution in [1.82, 2.24) is 5.32 Å². The zero-order valence-corrected chi connectivity index (χ0v) is 9.42. The second-order valence-corrected chi connectivity index (χ2v) is 3.92. The lowest BCUT2D eigenvalue weighted by molar-refractivity contribution is -0.0385. The van der Waals surface area contributed by atoms with Gasteiger partial charge in [-0.1, -0.05) is 26.7 Å². The molecule has 3 nitrogen and oxygen atoms in total. The second kappa shape index (κ2) is 7.21. The molecular weight excluding hydrogens is 178 g/mol. The van der Waals surface area contributed by atoms with Crippen molar-refractivity contribution in [3.8, 4) is 0 Å². The van der Waals surface area contributed by atoms with Crippen LogP contribution >= 0.6 is 0 Å². The van der Waals surface area contributed by atoms with E-state index in [1.807, 2.05) is 0 Å². The Morgan fingerprint density at radius 2 is 2.21 bits per heavy atom. The Morgan fingerprint density at radius 1 is 1.43 bits per heavy atom. The summed E-state index contributed by atoms with van der Waals surface area (Å²) in [5, 5.41) is 3.30. The predicted octanol–water partition coefficient (Wildman–Crippen LogP) is 1.43. The van der Waals surface area contributed by atoms with Crippen molar-refractivity contribution in [2.24, 2.45) is 5.92 Å². The van der Waals surface area contributed by atoms with Crippen LogP contribution in [0.2, 0.25) is 0 Å². The number of hydrogen-bond acceptors (Lipinski definition) is 3. The minimum atomic E-state index is 0.262. The van der Waals surface area contributed by atoms with Gasteiger partial charge < -0.3 is 14.8 Å². The Kier molecular flexibility index (Phi) is 6.15. The van der Waals surface area contributed by atoms with Crippen molar-refractivity contribution in [2.75, 3.05) is 32.9 Å². The molecule has 0 aromatic carbocycles. The zero-order valence-electron chi connectivity index (χ0n) is 9.42. The third-order valence-corrected chi connectivity index (χ3v) is 2.82. The largest absolute Gasteiger partial charge is 0.378 e. The summed E-state index contributed by atoms with van der Waals surface area (Å²) in [6.07, 6.45) is 2.68. The molecule has 1 saturated heterocycles. The van der Waals surface area contributed by atoms with Crippen LogP contribution < -0.4 is 5.32 Å². The molecule has 1 rings (SSSR count). The smallest absolute Gasteiger partial charge is 0.0933 e. The first-order chi connectivity index (χ1) is 6.86. The first-order valence-electron chi connectivity index (χ1n) is 5.76. The first-order valence-corrected chi connectivity index (χ1v) is 5.76. The number of nitrogens with one attached hydrogen (secondary N) is 1. The molecule has 1 N–H and O–H groups in total.